The maximum Gasteiger partial charge on any atom is 0.128 e. The molecule has 3 heterocycles. The van der Waals surface area contributed by atoms with Crippen molar-refractivity contribution >= 4 is 27.5 Å². The van der Waals surface area contributed by atoms with E-state index in [0.717, 1.165) is 23.1 Å². The summed E-state index contributed by atoms with van der Waals surface area (Å²) in [6, 6.07) is 0. The lowest BCUT2D eigenvalue weighted by atomic mass is 9.77. The van der Waals surface area contributed by atoms with E-state index in [4.69, 9.17) is 27.5 Å². The fourth-order valence-electron chi connectivity index (χ4n) is 3.50. The highest BCUT2D eigenvalue weighted by atomic mass is 79.9. The molecule has 0 aromatic heterocycles. The highest BCUT2D eigenvalue weighted by molar-refractivity contribution is 9.11. The molecule has 4 heteroatoms. The average molecular weight is 344 g/mol. The van der Waals surface area contributed by atoms with Crippen LogP contribution in [-0.4, -0.2) is 23.7 Å². The van der Waals surface area contributed by atoms with Gasteiger partial charge < -0.3 is 9.47 Å². The SMILES string of the molecule is C#C/C=C\C(Cl)C1C2CC3O/C(=C(\Br)CC)C1C3O2. The molecule has 0 aromatic carbocycles. The van der Waals surface area contributed by atoms with E-state index in [1.807, 2.05) is 6.08 Å². The molecule has 2 bridgehead atoms. The van der Waals surface area contributed by atoms with Gasteiger partial charge in [0.15, 0.2) is 0 Å². The Hall–Kier alpha value is -0.430. The second-order valence-electron chi connectivity index (χ2n) is 5.23. The number of rotatable bonds is 3. The minimum absolute atomic E-state index is 0.106. The Morgan fingerprint density at radius 1 is 1.63 bits per heavy atom. The van der Waals surface area contributed by atoms with E-state index in [1.54, 1.807) is 6.08 Å². The van der Waals surface area contributed by atoms with E-state index in [9.17, 15) is 0 Å². The summed E-state index contributed by atoms with van der Waals surface area (Å²) >= 11 is 10.1. The molecule has 0 aromatic rings. The van der Waals surface area contributed by atoms with Crippen LogP contribution in [0.25, 0.3) is 0 Å². The van der Waals surface area contributed by atoms with E-state index in [-0.39, 0.29) is 35.5 Å². The Labute approximate surface area is 127 Å². The molecule has 3 aliphatic heterocycles. The molecule has 6 atom stereocenters. The van der Waals surface area contributed by atoms with Gasteiger partial charge in [-0.15, -0.1) is 18.0 Å². The number of terminal acetylenes is 1. The second kappa shape index (κ2) is 5.16. The largest absolute Gasteiger partial charge is 0.491 e. The monoisotopic (exact) mass is 342 g/mol. The van der Waals surface area contributed by atoms with Gasteiger partial charge in [-0.3, -0.25) is 0 Å². The lowest BCUT2D eigenvalue weighted by Gasteiger charge is -2.25. The number of alkyl halides is 1. The molecule has 0 aliphatic carbocycles. The van der Waals surface area contributed by atoms with Gasteiger partial charge in [0.25, 0.3) is 0 Å². The summed E-state index contributed by atoms with van der Waals surface area (Å²) in [5.41, 5.74) is 0. The number of halogens is 2. The fourth-order valence-corrected chi connectivity index (χ4v) is 4.25. The molecular weight excluding hydrogens is 328 g/mol. The maximum absolute atomic E-state index is 6.51. The Kier molecular flexibility index (Phi) is 3.68. The number of hydrogen-bond donors (Lipinski definition) is 0. The van der Waals surface area contributed by atoms with Crippen LogP contribution in [-0.2, 0) is 9.47 Å². The summed E-state index contributed by atoms with van der Waals surface area (Å²) in [5.74, 6) is 4.06. The van der Waals surface area contributed by atoms with Crippen molar-refractivity contribution in [3.63, 3.8) is 0 Å². The zero-order chi connectivity index (χ0) is 13.6. The maximum atomic E-state index is 6.51. The standard InChI is InChI=1S/C15H16BrClO2/c1-3-5-6-9(17)12-10-7-11-15(18-10)13(12)14(19-11)8(16)4-2/h1,5-6,9-13,15H,4,7H2,2H3/b6-5-,14-8-. The summed E-state index contributed by atoms with van der Waals surface area (Å²) in [7, 11) is 0. The van der Waals surface area contributed by atoms with Gasteiger partial charge in [0.05, 0.1) is 17.4 Å². The summed E-state index contributed by atoms with van der Waals surface area (Å²) in [5, 5.41) is -0.106. The lowest BCUT2D eigenvalue weighted by Crippen LogP contribution is -2.34. The van der Waals surface area contributed by atoms with Crippen LogP contribution >= 0.6 is 27.5 Å². The second-order valence-corrected chi connectivity index (χ2v) is 6.69. The summed E-state index contributed by atoms with van der Waals surface area (Å²) in [4.78, 5) is 0. The predicted octanol–water partition coefficient (Wildman–Crippen LogP) is 3.60. The van der Waals surface area contributed by atoms with Gasteiger partial charge in [-0.25, -0.2) is 0 Å². The molecule has 0 spiro atoms. The Morgan fingerprint density at radius 3 is 3.11 bits per heavy atom. The van der Waals surface area contributed by atoms with Gasteiger partial charge >= 0.3 is 0 Å². The Balaban J connectivity index is 1.91. The van der Waals surface area contributed by atoms with Gasteiger partial charge in [-0.05, 0) is 12.5 Å². The highest BCUT2D eigenvalue weighted by Gasteiger charge is 2.63. The van der Waals surface area contributed by atoms with Crippen LogP contribution in [0.15, 0.2) is 22.4 Å². The van der Waals surface area contributed by atoms with Gasteiger partial charge in [0.1, 0.15) is 18.0 Å². The molecule has 0 radical (unpaired) electrons. The summed E-state index contributed by atoms with van der Waals surface area (Å²) in [6.45, 7) is 2.11. The number of fused-ring (bicyclic) bond motifs is 1. The first-order chi connectivity index (χ1) is 9.17. The van der Waals surface area contributed by atoms with Crippen molar-refractivity contribution in [1.82, 2.24) is 0 Å². The molecule has 0 saturated carbocycles. The van der Waals surface area contributed by atoms with Crippen molar-refractivity contribution in [3.8, 4) is 12.3 Å². The van der Waals surface area contributed by atoms with Crippen molar-refractivity contribution in [1.29, 1.82) is 0 Å². The van der Waals surface area contributed by atoms with Crippen molar-refractivity contribution in [2.75, 3.05) is 0 Å². The first-order valence-electron chi connectivity index (χ1n) is 6.64. The third kappa shape index (κ3) is 2.05. The van der Waals surface area contributed by atoms with E-state index in [0.29, 0.717) is 0 Å². The molecule has 102 valence electrons. The number of allylic oxidation sites excluding steroid dienone is 3. The van der Waals surface area contributed by atoms with E-state index >= 15 is 0 Å². The minimum Gasteiger partial charge on any atom is -0.491 e. The molecular formula is C15H16BrClO2. The minimum atomic E-state index is -0.106. The van der Waals surface area contributed by atoms with Crippen LogP contribution in [0, 0.1) is 24.2 Å². The lowest BCUT2D eigenvalue weighted by molar-refractivity contribution is 0.0690. The van der Waals surface area contributed by atoms with Gasteiger partial charge in [0, 0.05) is 16.8 Å². The van der Waals surface area contributed by atoms with E-state index < -0.39 is 0 Å². The summed E-state index contributed by atoms with van der Waals surface area (Å²) < 4.78 is 13.2. The molecule has 3 aliphatic rings. The molecule has 0 N–H and O–H groups in total. The van der Waals surface area contributed by atoms with Gasteiger partial charge in [0.2, 0.25) is 0 Å². The van der Waals surface area contributed by atoms with E-state index in [1.165, 1.54) is 0 Å². The van der Waals surface area contributed by atoms with Crippen LogP contribution in [0.5, 0.6) is 0 Å². The molecule has 2 nitrogen and oxygen atoms in total. The Morgan fingerprint density at radius 2 is 2.42 bits per heavy atom. The smallest absolute Gasteiger partial charge is 0.128 e. The van der Waals surface area contributed by atoms with Crippen LogP contribution in [0.4, 0.5) is 0 Å². The fraction of sp³-hybridized carbons (Fsp3) is 0.600. The van der Waals surface area contributed by atoms with Crippen molar-refractivity contribution < 1.29 is 9.47 Å². The first kappa shape index (κ1) is 13.5. The molecule has 6 unspecified atom stereocenters. The zero-order valence-electron chi connectivity index (χ0n) is 10.7. The first-order valence-corrected chi connectivity index (χ1v) is 7.87. The van der Waals surface area contributed by atoms with Crippen LogP contribution in [0.3, 0.4) is 0 Å². The topological polar surface area (TPSA) is 18.5 Å². The van der Waals surface area contributed by atoms with E-state index in [2.05, 4.69) is 28.8 Å². The molecule has 19 heavy (non-hydrogen) atoms. The average Bonchev–Trinajstić information content (AvgIpc) is 3.02. The molecule has 3 rings (SSSR count). The predicted molar refractivity (Wildman–Crippen MR) is 79.0 cm³/mol. The number of hydrogen-bond acceptors (Lipinski definition) is 2. The quantitative estimate of drug-likeness (QED) is 0.576. The van der Waals surface area contributed by atoms with Crippen molar-refractivity contribution in [2.45, 2.75) is 43.5 Å². The molecule has 0 amide bonds. The van der Waals surface area contributed by atoms with Crippen LogP contribution < -0.4 is 0 Å². The van der Waals surface area contributed by atoms with Gasteiger partial charge in [-0.2, -0.15) is 0 Å². The molecule has 3 fully saturated rings. The molecule has 3 saturated heterocycles. The van der Waals surface area contributed by atoms with Crippen molar-refractivity contribution in [2.24, 2.45) is 11.8 Å². The highest BCUT2D eigenvalue weighted by Crippen LogP contribution is 2.56. The van der Waals surface area contributed by atoms with Crippen molar-refractivity contribution in [3.05, 3.63) is 22.4 Å². The normalized spacial score (nSPS) is 43.4. The number of ether oxygens (including phenoxy) is 2. The third-order valence-electron chi connectivity index (χ3n) is 4.26. The summed E-state index contributed by atoms with van der Waals surface area (Å²) in [6.07, 6.45) is 11.3. The zero-order valence-corrected chi connectivity index (χ0v) is 13.0. The van der Waals surface area contributed by atoms with Crippen LogP contribution in [0.1, 0.15) is 19.8 Å². The van der Waals surface area contributed by atoms with Gasteiger partial charge in [-0.1, -0.05) is 34.9 Å². The third-order valence-corrected chi connectivity index (χ3v) is 5.65. The van der Waals surface area contributed by atoms with Crippen LogP contribution in [0.2, 0.25) is 0 Å². The Bertz CT molecular complexity index is 477.